The van der Waals surface area contributed by atoms with Gasteiger partial charge in [-0.3, -0.25) is 19.2 Å². The van der Waals surface area contributed by atoms with Crippen molar-refractivity contribution in [1.82, 2.24) is 25.9 Å². The van der Waals surface area contributed by atoms with Gasteiger partial charge in [0.25, 0.3) is 0 Å². The summed E-state index contributed by atoms with van der Waals surface area (Å²) in [6.07, 6.45) is 3.37. The Kier molecular flexibility index (Phi) is 12.9. The molecule has 15 heteroatoms. The summed E-state index contributed by atoms with van der Waals surface area (Å²) in [5.41, 5.74) is 12.0. The molecule has 4 atom stereocenters. The summed E-state index contributed by atoms with van der Waals surface area (Å²) >= 11 is 0. The quantitative estimate of drug-likeness (QED) is 0.0963. The first-order valence-electron chi connectivity index (χ1n) is 11.0. The van der Waals surface area contributed by atoms with Crippen molar-refractivity contribution < 1.29 is 39.3 Å². The van der Waals surface area contributed by atoms with E-state index in [1.54, 1.807) is 0 Å². The number of amides is 3. The van der Waals surface area contributed by atoms with Crippen LogP contribution in [0.15, 0.2) is 12.5 Å². The average Bonchev–Trinajstić information content (AvgIpc) is 3.31. The number of nitrogens with zero attached hydrogens (tertiary/aromatic N) is 1. The van der Waals surface area contributed by atoms with E-state index in [4.69, 9.17) is 26.8 Å². The second-order valence-corrected chi connectivity index (χ2v) is 7.81. The van der Waals surface area contributed by atoms with Crippen LogP contribution in [0.3, 0.4) is 0 Å². The van der Waals surface area contributed by atoms with E-state index in [0.29, 0.717) is 25.1 Å². The minimum absolute atomic E-state index is 0.129. The average molecular weight is 500 g/mol. The molecular weight excluding hydrogens is 466 g/mol. The van der Waals surface area contributed by atoms with E-state index in [0.717, 1.165) is 0 Å². The number of aliphatic hydroxyl groups excluding tert-OH is 1. The standard InChI is InChI=1S/C20H33N7O8/c21-6-2-1-3-13(25-17(31)12(22)7-11-8-23-10-24-11)18(32)26-14(4-5-16(29)30)19(33)27-15(9-28)20(34)35/h8,10,12-15,28H,1-7,9,21-22H2,(H,23,24)(H,25,31)(H,26,32)(H,27,33)(H,29,30)(H,34,35). The molecule has 0 aliphatic carbocycles. The number of aliphatic hydroxyl groups is 1. The Labute approximate surface area is 201 Å². The van der Waals surface area contributed by atoms with Gasteiger partial charge in [0.2, 0.25) is 17.7 Å². The Hall–Kier alpha value is -3.56. The van der Waals surface area contributed by atoms with Gasteiger partial charge in [0.1, 0.15) is 18.1 Å². The maximum Gasteiger partial charge on any atom is 0.328 e. The molecular formula is C20H33N7O8. The number of nitrogens with one attached hydrogen (secondary N) is 4. The maximum atomic E-state index is 13.0. The van der Waals surface area contributed by atoms with Crippen LogP contribution < -0.4 is 27.4 Å². The number of aromatic amines is 1. The number of hydrogen-bond acceptors (Lipinski definition) is 9. The number of unbranched alkanes of at least 4 members (excludes halogenated alkanes) is 1. The molecule has 15 nitrogen and oxygen atoms in total. The maximum absolute atomic E-state index is 13.0. The lowest BCUT2D eigenvalue weighted by Gasteiger charge is -2.25. The van der Waals surface area contributed by atoms with E-state index in [1.807, 2.05) is 5.32 Å². The van der Waals surface area contributed by atoms with Crippen LogP contribution >= 0.6 is 0 Å². The number of carboxylic acids is 2. The lowest BCUT2D eigenvalue weighted by molar-refractivity contribution is -0.144. The summed E-state index contributed by atoms with van der Waals surface area (Å²) in [7, 11) is 0. The molecule has 1 aromatic rings. The van der Waals surface area contributed by atoms with Gasteiger partial charge in [-0.25, -0.2) is 9.78 Å². The minimum Gasteiger partial charge on any atom is -0.481 e. The van der Waals surface area contributed by atoms with Gasteiger partial charge in [0.05, 0.1) is 19.0 Å². The van der Waals surface area contributed by atoms with Crippen LogP contribution in [0.4, 0.5) is 0 Å². The van der Waals surface area contributed by atoms with Crippen molar-refractivity contribution in [2.75, 3.05) is 13.2 Å². The van der Waals surface area contributed by atoms with Crippen molar-refractivity contribution in [1.29, 1.82) is 0 Å². The molecule has 0 aliphatic heterocycles. The van der Waals surface area contributed by atoms with Crippen molar-refractivity contribution in [3.05, 3.63) is 18.2 Å². The van der Waals surface area contributed by atoms with E-state index in [9.17, 15) is 24.0 Å². The van der Waals surface area contributed by atoms with E-state index < -0.39 is 66.9 Å². The third-order valence-corrected chi connectivity index (χ3v) is 4.99. The fraction of sp³-hybridized carbons (Fsp3) is 0.600. The summed E-state index contributed by atoms with van der Waals surface area (Å²) in [5.74, 6) is -5.17. The molecule has 1 heterocycles. The van der Waals surface area contributed by atoms with Gasteiger partial charge >= 0.3 is 11.9 Å². The summed E-state index contributed by atoms with van der Waals surface area (Å²) in [6, 6.07) is -5.20. The third-order valence-electron chi connectivity index (χ3n) is 4.99. The minimum atomic E-state index is -1.65. The number of H-pyrrole nitrogens is 1. The number of carboxylic acid groups (broad SMARTS) is 2. The van der Waals surface area contributed by atoms with Gasteiger partial charge < -0.3 is 47.7 Å². The third kappa shape index (κ3) is 10.9. The molecule has 35 heavy (non-hydrogen) atoms. The molecule has 0 spiro atoms. The molecule has 11 N–H and O–H groups in total. The van der Waals surface area contributed by atoms with Crippen molar-refractivity contribution >= 4 is 29.7 Å². The predicted octanol–water partition coefficient (Wildman–Crippen LogP) is -3.20. The molecule has 0 saturated carbocycles. The van der Waals surface area contributed by atoms with Crippen molar-refractivity contribution in [2.24, 2.45) is 11.5 Å². The first-order valence-corrected chi connectivity index (χ1v) is 11.0. The Morgan fingerprint density at radius 2 is 1.54 bits per heavy atom. The van der Waals surface area contributed by atoms with Crippen LogP contribution in [0.2, 0.25) is 0 Å². The highest BCUT2D eigenvalue weighted by Crippen LogP contribution is 2.06. The van der Waals surface area contributed by atoms with Gasteiger partial charge in [-0.1, -0.05) is 0 Å². The first-order chi connectivity index (χ1) is 16.6. The lowest BCUT2D eigenvalue weighted by Crippen LogP contribution is -2.57. The number of rotatable bonds is 17. The second-order valence-electron chi connectivity index (χ2n) is 7.81. The molecule has 0 aromatic carbocycles. The molecule has 3 amide bonds. The van der Waals surface area contributed by atoms with E-state index >= 15 is 0 Å². The fourth-order valence-electron chi connectivity index (χ4n) is 3.03. The highest BCUT2D eigenvalue weighted by Gasteiger charge is 2.30. The fourth-order valence-corrected chi connectivity index (χ4v) is 3.03. The molecule has 4 unspecified atom stereocenters. The largest absolute Gasteiger partial charge is 0.481 e. The number of aromatic nitrogens is 2. The molecule has 196 valence electrons. The number of carbonyl (C=O) groups is 5. The molecule has 1 rings (SSSR count). The number of aliphatic carboxylic acids is 2. The van der Waals surface area contributed by atoms with Gasteiger partial charge in [-0.15, -0.1) is 0 Å². The number of nitrogens with two attached hydrogens (primary N) is 2. The summed E-state index contributed by atoms with van der Waals surface area (Å²) < 4.78 is 0. The normalized spacial score (nSPS) is 14.3. The van der Waals surface area contributed by atoms with Gasteiger partial charge in [0, 0.05) is 24.7 Å². The van der Waals surface area contributed by atoms with Crippen LogP contribution in [0, 0.1) is 0 Å². The molecule has 0 aliphatic rings. The molecule has 0 fully saturated rings. The van der Waals surface area contributed by atoms with E-state index in [-0.39, 0.29) is 19.3 Å². The SMILES string of the molecule is NCCCCC(NC(=O)C(N)Cc1cnc[nH]1)C(=O)NC(CCC(=O)O)C(=O)NC(CO)C(=O)O. The van der Waals surface area contributed by atoms with Crippen LogP contribution in [-0.4, -0.2) is 92.3 Å². The van der Waals surface area contributed by atoms with Crippen LogP contribution in [0.5, 0.6) is 0 Å². The number of imidazole rings is 1. The Bertz CT molecular complexity index is 849. The zero-order chi connectivity index (χ0) is 26.4. The molecule has 0 bridgehead atoms. The summed E-state index contributed by atoms with van der Waals surface area (Å²) in [6.45, 7) is -0.560. The van der Waals surface area contributed by atoms with Gasteiger partial charge in [0.15, 0.2) is 0 Å². The predicted molar refractivity (Wildman–Crippen MR) is 121 cm³/mol. The molecule has 0 saturated heterocycles. The summed E-state index contributed by atoms with van der Waals surface area (Å²) in [4.78, 5) is 66.8. The van der Waals surface area contributed by atoms with Crippen molar-refractivity contribution in [3.63, 3.8) is 0 Å². The highest BCUT2D eigenvalue weighted by atomic mass is 16.4. The Morgan fingerprint density at radius 3 is 2.06 bits per heavy atom. The van der Waals surface area contributed by atoms with Crippen LogP contribution in [0.25, 0.3) is 0 Å². The first kappa shape index (κ1) is 29.5. The van der Waals surface area contributed by atoms with E-state index in [2.05, 4.69) is 20.6 Å². The second kappa shape index (κ2) is 15.4. The molecule has 1 aromatic heterocycles. The lowest BCUT2D eigenvalue weighted by atomic mass is 10.0. The Morgan fingerprint density at radius 1 is 0.943 bits per heavy atom. The van der Waals surface area contributed by atoms with Gasteiger partial charge in [-0.05, 0) is 32.2 Å². The van der Waals surface area contributed by atoms with E-state index in [1.165, 1.54) is 12.5 Å². The zero-order valence-electron chi connectivity index (χ0n) is 19.1. The van der Waals surface area contributed by atoms with Crippen molar-refractivity contribution in [2.45, 2.75) is 62.7 Å². The number of carbonyl (C=O) groups excluding carboxylic acids is 3. The number of hydrogen-bond donors (Lipinski definition) is 9. The van der Waals surface area contributed by atoms with Crippen molar-refractivity contribution in [3.8, 4) is 0 Å². The molecule has 0 radical (unpaired) electrons. The zero-order valence-corrected chi connectivity index (χ0v) is 19.1. The highest BCUT2D eigenvalue weighted by molar-refractivity contribution is 5.94. The van der Waals surface area contributed by atoms with Crippen LogP contribution in [-0.2, 0) is 30.4 Å². The smallest absolute Gasteiger partial charge is 0.328 e. The summed E-state index contributed by atoms with van der Waals surface area (Å²) in [5, 5.41) is 34.1. The monoisotopic (exact) mass is 499 g/mol. The van der Waals surface area contributed by atoms with Crippen LogP contribution in [0.1, 0.15) is 37.8 Å². The topological polar surface area (TPSA) is 263 Å². The van der Waals surface area contributed by atoms with Gasteiger partial charge in [-0.2, -0.15) is 0 Å². The Balaban J connectivity index is 2.94.